The van der Waals surface area contributed by atoms with Crippen molar-refractivity contribution in [3.63, 3.8) is 0 Å². The Balaban J connectivity index is 1.54. The number of halogens is 2. The van der Waals surface area contributed by atoms with Crippen molar-refractivity contribution in [1.29, 1.82) is 0 Å². The molecule has 0 atom stereocenters. The first-order chi connectivity index (χ1) is 12.0. The van der Waals surface area contributed by atoms with Crippen LogP contribution >= 0.6 is 0 Å². The number of amides is 3. The van der Waals surface area contributed by atoms with Crippen LogP contribution in [0.4, 0.5) is 8.78 Å². The molecule has 0 unspecified atom stereocenters. The van der Waals surface area contributed by atoms with Crippen LogP contribution in [-0.2, 0) is 11.3 Å². The van der Waals surface area contributed by atoms with Crippen molar-refractivity contribution in [2.75, 3.05) is 6.54 Å². The molecule has 0 fully saturated rings. The molecule has 128 valence electrons. The minimum atomic E-state index is -0.988. The van der Waals surface area contributed by atoms with Crippen molar-refractivity contribution in [2.45, 2.75) is 13.0 Å². The van der Waals surface area contributed by atoms with E-state index < -0.39 is 29.4 Å². The normalized spacial score (nSPS) is 13.1. The van der Waals surface area contributed by atoms with E-state index in [1.807, 2.05) is 0 Å². The van der Waals surface area contributed by atoms with Gasteiger partial charge in [0, 0.05) is 19.5 Å². The first kappa shape index (κ1) is 16.8. The maximum atomic E-state index is 13.1. The maximum absolute atomic E-state index is 13.1. The largest absolute Gasteiger partial charge is 0.352 e. The van der Waals surface area contributed by atoms with E-state index in [0.29, 0.717) is 16.7 Å². The molecule has 25 heavy (non-hydrogen) atoms. The minimum Gasteiger partial charge on any atom is -0.352 e. The van der Waals surface area contributed by atoms with Crippen LogP contribution in [0.3, 0.4) is 0 Å². The fourth-order valence-corrected chi connectivity index (χ4v) is 2.59. The lowest BCUT2D eigenvalue weighted by Crippen LogP contribution is -2.34. The topological polar surface area (TPSA) is 66.5 Å². The van der Waals surface area contributed by atoms with Gasteiger partial charge in [-0.15, -0.1) is 0 Å². The molecular weight excluding hydrogens is 330 g/mol. The van der Waals surface area contributed by atoms with Gasteiger partial charge in [0.1, 0.15) is 0 Å². The molecule has 0 aromatic heterocycles. The lowest BCUT2D eigenvalue weighted by molar-refractivity contribution is -0.121. The summed E-state index contributed by atoms with van der Waals surface area (Å²) in [5.41, 5.74) is 1.07. The number of hydrogen-bond donors (Lipinski definition) is 1. The fraction of sp³-hybridized carbons (Fsp3) is 0.167. The monoisotopic (exact) mass is 344 g/mol. The molecular formula is C18H14F2N2O3. The number of carbonyl (C=O) groups is 3. The Kier molecular flexibility index (Phi) is 4.56. The second kappa shape index (κ2) is 6.80. The zero-order chi connectivity index (χ0) is 18.0. The van der Waals surface area contributed by atoms with Crippen LogP contribution in [0.15, 0.2) is 42.5 Å². The van der Waals surface area contributed by atoms with Crippen molar-refractivity contribution in [3.8, 4) is 0 Å². The number of nitrogens with one attached hydrogen (secondary N) is 1. The molecule has 3 rings (SSSR count). The third-order valence-corrected chi connectivity index (χ3v) is 3.91. The molecule has 2 aromatic carbocycles. The van der Waals surface area contributed by atoms with Gasteiger partial charge in [-0.1, -0.05) is 18.2 Å². The first-order valence-corrected chi connectivity index (χ1v) is 7.63. The van der Waals surface area contributed by atoms with Gasteiger partial charge < -0.3 is 5.32 Å². The Hall–Kier alpha value is -3.09. The third-order valence-electron chi connectivity index (χ3n) is 3.91. The zero-order valence-electron chi connectivity index (χ0n) is 13.1. The van der Waals surface area contributed by atoms with Crippen LogP contribution in [0, 0.1) is 11.6 Å². The van der Waals surface area contributed by atoms with Gasteiger partial charge in [0.2, 0.25) is 5.91 Å². The van der Waals surface area contributed by atoms with E-state index in [9.17, 15) is 23.2 Å². The Labute approximate surface area is 142 Å². The molecule has 0 bridgehead atoms. The summed E-state index contributed by atoms with van der Waals surface area (Å²) in [6.07, 6.45) is -0.0743. The van der Waals surface area contributed by atoms with E-state index >= 15 is 0 Å². The molecule has 0 aliphatic carbocycles. The molecule has 3 amide bonds. The highest BCUT2D eigenvalue weighted by Crippen LogP contribution is 2.22. The van der Waals surface area contributed by atoms with E-state index in [2.05, 4.69) is 5.32 Å². The van der Waals surface area contributed by atoms with Gasteiger partial charge >= 0.3 is 0 Å². The summed E-state index contributed by atoms with van der Waals surface area (Å²) in [5.74, 6) is -3.19. The van der Waals surface area contributed by atoms with E-state index in [0.717, 1.165) is 17.0 Å². The molecule has 0 saturated carbocycles. The smallest absolute Gasteiger partial charge is 0.261 e. The van der Waals surface area contributed by atoms with Gasteiger partial charge in [0.15, 0.2) is 11.6 Å². The van der Waals surface area contributed by atoms with Gasteiger partial charge in [-0.25, -0.2) is 8.78 Å². The molecule has 5 nitrogen and oxygen atoms in total. The number of hydrogen-bond acceptors (Lipinski definition) is 3. The summed E-state index contributed by atoms with van der Waals surface area (Å²) in [6, 6.07) is 9.82. The molecule has 2 aromatic rings. The lowest BCUT2D eigenvalue weighted by Gasteiger charge is -2.13. The van der Waals surface area contributed by atoms with Gasteiger partial charge in [-0.05, 0) is 29.8 Å². The van der Waals surface area contributed by atoms with E-state index in [1.54, 1.807) is 24.3 Å². The van der Waals surface area contributed by atoms with Crippen LogP contribution in [0.1, 0.15) is 32.7 Å². The molecule has 0 spiro atoms. The molecule has 1 aliphatic rings. The van der Waals surface area contributed by atoms with Crippen molar-refractivity contribution in [1.82, 2.24) is 10.2 Å². The quantitative estimate of drug-likeness (QED) is 0.846. The molecule has 1 heterocycles. The van der Waals surface area contributed by atoms with Crippen molar-refractivity contribution < 1.29 is 23.2 Å². The highest BCUT2D eigenvalue weighted by molar-refractivity contribution is 6.21. The molecule has 1 N–H and O–H groups in total. The Morgan fingerprint density at radius 3 is 2.20 bits per heavy atom. The highest BCUT2D eigenvalue weighted by Gasteiger charge is 2.34. The third kappa shape index (κ3) is 3.40. The standard InChI is InChI=1S/C18H14F2N2O3/c19-14-6-5-11(9-15(14)20)10-21-16(23)7-8-22-17(24)12-3-1-2-4-13(12)18(22)25/h1-6,9H,7-8,10H2,(H,21,23). The highest BCUT2D eigenvalue weighted by atomic mass is 19.2. The van der Waals surface area contributed by atoms with Crippen LogP contribution in [0.2, 0.25) is 0 Å². The maximum Gasteiger partial charge on any atom is 0.261 e. The van der Waals surface area contributed by atoms with Crippen LogP contribution in [-0.4, -0.2) is 29.2 Å². The van der Waals surface area contributed by atoms with E-state index in [4.69, 9.17) is 0 Å². The number of carbonyl (C=O) groups excluding carboxylic acids is 3. The minimum absolute atomic E-state index is 0.0259. The lowest BCUT2D eigenvalue weighted by atomic mass is 10.1. The summed E-state index contributed by atoms with van der Waals surface area (Å²) in [7, 11) is 0. The average Bonchev–Trinajstić information content (AvgIpc) is 2.85. The molecule has 7 heteroatoms. The Morgan fingerprint density at radius 2 is 1.60 bits per heavy atom. The van der Waals surface area contributed by atoms with E-state index in [-0.39, 0.29) is 19.5 Å². The van der Waals surface area contributed by atoms with Crippen molar-refractivity contribution in [2.24, 2.45) is 0 Å². The van der Waals surface area contributed by atoms with Crippen LogP contribution in [0.5, 0.6) is 0 Å². The molecule has 0 saturated heterocycles. The fourth-order valence-electron chi connectivity index (χ4n) is 2.59. The van der Waals surface area contributed by atoms with E-state index in [1.165, 1.54) is 6.07 Å². The van der Waals surface area contributed by atoms with Crippen molar-refractivity contribution >= 4 is 17.7 Å². The summed E-state index contributed by atoms with van der Waals surface area (Å²) in [5, 5.41) is 2.54. The van der Waals surface area contributed by atoms with Gasteiger partial charge in [-0.3, -0.25) is 19.3 Å². The van der Waals surface area contributed by atoms with Gasteiger partial charge in [0.05, 0.1) is 11.1 Å². The summed E-state index contributed by atoms with van der Waals surface area (Å²) in [6.45, 7) is -0.0197. The summed E-state index contributed by atoms with van der Waals surface area (Å²) < 4.78 is 25.9. The number of nitrogens with zero attached hydrogens (tertiary/aromatic N) is 1. The second-order valence-corrected chi connectivity index (χ2v) is 5.58. The predicted molar refractivity (Wildman–Crippen MR) is 84.6 cm³/mol. The number of benzene rings is 2. The molecule has 1 aliphatic heterocycles. The first-order valence-electron chi connectivity index (χ1n) is 7.63. The second-order valence-electron chi connectivity index (χ2n) is 5.58. The van der Waals surface area contributed by atoms with Crippen LogP contribution in [0.25, 0.3) is 0 Å². The summed E-state index contributed by atoms with van der Waals surface area (Å²) >= 11 is 0. The predicted octanol–water partition coefficient (Wildman–Crippen LogP) is 2.27. The number of imide groups is 1. The Morgan fingerprint density at radius 1 is 0.960 bits per heavy atom. The molecule has 0 radical (unpaired) electrons. The van der Waals surface area contributed by atoms with Gasteiger partial charge in [-0.2, -0.15) is 0 Å². The van der Waals surface area contributed by atoms with Crippen LogP contribution < -0.4 is 5.32 Å². The zero-order valence-corrected chi connectivity index (χ0v) is 13.1. The average molecular weight is 344 g/mol. The summed E-state index contributed by atoms with van der Waals surface area (Å²) in [4.78, 5) is 37.2. The Bertz CT molecular complexity index is 832. The van der Waals surface area contributed by atoms with Gasteiger partial charge in [0.25, 0.3) is 11.8 Å². The number of fused-ring (bicyclic) bond motifs is 1. The number of rotatable bonds is 5. The SMILES string of the molecule is O=C(CCN1C(=O)c2ccccc2C1=O)NCc1ccc(F)c(F)c1. The van der Waals surface area contributed by atoms with Crippen molar-refractivity contribution in [3.05, 3.63) is 70.8 Å².